The van der Waals surface area contributed by atoms with Gasteiger partial charge in [0.15, 0.2) is 0 Å². The van der Waals surface area contributed by atoms with E-state index >= 15 is 0 Å². The summed E-state index contributed by atoms with van der Waals surface area (Å²) in [5.41, 5.74) is 0. The van der Waals surface area contributed by atoms with Crippen molar-refractivity contribution in [3.05, 3.63) is 0 Å². The van der Waals surface area contributed by atoms with Crippen molar-refractivity contribution in [2.45, 2.75) is 20.3 Å². The highest BCUT2D eigenvalue weighted by molar-refractivity contribution is 6.36. The molecule has 0 aromatic carbocycles. The molecule has 0 spiro atoms. The molecule has 0 saturated heterocycles. The van der Waals surface area contributed by atoms with E-state index in [4.69, 9.17) is 13.3 Å². The Hall–Kier alpha value is 0.0969. The molecule has 0 amide bonds. The molecule has 0 heterocycles. The molecule has 0 N–H and O–H groups in total. The van der Waals surface area contributed by atoms with Crippen molar-refractivity contribution in [1.82, 2.24) is 0 Å². The van der Waals surface area contributed by atoms with E-state index in [1.165, 1.54) is 0 Å². The van der Waals surface area contributed by atoms with Crippen LogP contribution in [-0.4, -0.2) is 29.9 Å². The predicted molar refractivity (Wildman–Crippen MR) is 40.6 cm³/mol. The van der Waals surface area contributed by atoms with E-state index < -0.39 is 9.53 Å². The van der Waals surface area contributed by atoms with Gasteiger partial charge in [-0.05, 0) is 13.3 Å². The van der Waals surface area contributed by atoms with Crippen LogP contribution in [0.15, 0.2) is 0 Å². The zero-order chi connectivity index (χ0) is 7.82. The van der Waals surface area contributed by atoms with E-state index in [0.717, 1.165) is 13.0 Å². The topological polar surface area (TPSA) is 27.7 Å². The lowest BCUT2D eigenvalue weighted by molar-refractivity contribution is 0.118. The van der Waals surface area contributed by atoms with Gasteiger partial charge < -0.3 is 13.3 Å². The van der Waals surface area contributed by atoms with E-state index in [1.54, 1.807) is 7.11 Å². The maximum Gasteiger partial charge on any atom is 0.577 e. The Labute approximate surface area is 64.3 Å². The second-order valence-electron chi connectivity index (χ2n) is 1.74. The van der Waals surface area contributed by atoms with E-state index in [1.807, 2.05) is 6.92 Å². The van der Waals surface area contributed by atoms with Gasteiger partial charge in [-0.15, -0.1) is 0 Å². The predicted octanol–water partition coefficient (Wildman–Crippen LogP) is 1.08. The van der Waals surface area contributed by atoms with Crippen LogP contribution in [0.1, 0.15) is 20.3 Å². The molecule has 0 aromatic rings. The number of hydrogen-bond acceptors (Lipinski definition) is 3. The van der Waals surface area contributed by atoms with Crippen LogP contribution in [0.2, 0.25) is 0 Å². The van der Waals surface area contributed by atoms with Gasteiger partial charge in [0.25, 0.3) is 0 Å². The van der Waals surface area contributed by atoms with Crippen LogP contribution >= 0.6 is 0 Å². The zero-order valence-electron chi connectivity index (χ0n) is 6.85. The van der Waals surface area contributed by atoms with Gasteiger partial charge in [0.2, 0.25) is 0 Å². The molecule has 0 saturated carbocycles. The average Bonchev–Trinajstić information content (AvgIpc) is 1.98. The highest BCUT2D eigenvalue weighted by Crippen LogP contribution is 1.91. The summed E-state index contributed by atoms with van der Waals surface area (Å²) < 4.78 is 15.3. The monoisotopic (exact) mass is 163 g/mol. The molecule has 0 aliphatic rings. The summed E-state index contributed by atoms with van der Waals surface area (Å²) in [4.78, 5) is 0. The Morgan fingerprint density at radius 1 is 1.20 bits per heavy atom. The second-order valence-corrected chi connectivity index (χ2v) is 3.22. The van der Waals surface area contributed by atoms with Crippen molar-refractivity contribution in [3.63, 3.8) is 0 Å². The molecule has 1 radical (unpaired) electrons. The van der Waals surface area contributed by atoms with E-state index in [-0.39, 0.29) is 0 Å². The summed E-state index contributed by atoms with van der Waals surface area (Å²) in [6, 6.07) is 0. The maximum atomic E-state index is 5.24. The Morgan fingerprint density at radius 3 is 2.30 bits per heavy atom. The molecule has 0 atom stereocenters. The van der Waals surface area contributed by atoms with E-state index in [2.05, 4.69) is 6.92 Å². The first-order chi connectivity index (χ1) is 4.85. The fraction of sp³-hybridized carbons (Fsp3) is 1.00. The first-order valence-corrected chi connectivity index (χ1v) is 4.74. The molecule has 4 heteroatoms. The van der Waals surface area contributed by atoms with Crippen LogP contribution in [0.4, 0.5) is 0 Å². The minimum atomic E-state index is -1.40. The number of rotatable bonds is 6. The largest absolute Gasteiger partial charge is 0.577 e. The van der Waals surface area contributed by atoms with Crippen LogP contribution in [0.5, 0.6) is 0 Å². The third-order valence-corrected chi connectivity index (χ3v) is 2.15. The molecule has 0 aliphatic heterocycles. The van der Waals surface area contributed by atoms with Crippen molar-refractivity contribution in [1.29, 1.82) is 0 Å². The fourth-order valence-electron chi connectivity index (χ4n) is 0.463. The molecular formula is C6H15O3Si. The normalized spacial score (nSPS) is 10.8. The minimum Gasteiger partial charge on any atom is -0.375 e. The van der Waals surface area contributed by atoms with Crippen LogP contribution < -0.4 is 0 Å². The summed E-state index contributed by atoms with van der Waals surface area (Å²) in [6.45, 7) is 5.37. The summed E-state index contributed by atoms with van der Waals surface area (Å²) in [5, 5.41) is 0. The standard InChI is InChI=1S/C6H15O3Si/c1-4-6-9-10(7-3)8-5-2/h4-6H2,1-3H3. The average molecular weight is 163 g/mol. The lowest BCUT2D eigenvalue weighted by atomic mass is 10.5. The second kappa shape index (κ2) is 7.21. The van der Waals surface area contributed by atoms with Gasteiger partial charge in [0.05, 0.1) is 0 Å². The quantitative estimate of drug-likeness (QED) is 0.548. The molecule has 0 rings (SSSR count). The molecule has 0 fully saturated rings. The highest BCUT2D eigenvalue weighted by Gasteiger charge is 2.14. The smallest absolute Gasteiger partial charge is 0.375 e. The Morgan fingerprint density at radius 2 is 1.90 bits per heavy atom. The lowest BCUT2D eigenvalue weighted by Crippen LogP contribution is -2.25. The maximum absolute atomic E-state index is 5.24. The van der Waals surface area contributed by atoms with Gasteiger partial charge in [-0.1, -0.05) is 6.92 Å². The molecule has 0 unspecified atom stereocenters. The van der Waals surface area contributed by atoms with Crippen LogP contribution in [0, 0.1) is 0 Å². The summed E-state index contributed by atoms with van der Waals surface area (Å²) in [5.74, 6) is 0. The highest BCUT2D eigenvalue weighted by atomic mass is 28.3. The van der Waals surface area contributed by atoms with Crippen LogP contribution in [-0.2, 0) is 13.3 Å². The molecule has 61 valence electrons. The third kappa shape index (κ3) is 4.93. The van der Waals surface area contributed by atoms with Gasteiger partial charge in [-0.2, -0.15) is 0 Å². The molecule has 0 aliphatic carbocycles. The van der Waals surface area contributed by atoms with Crippen molar-refractivity contribution >= 4 is 9.53 Å². The molecule has 3 nitrogen and oxygen atoms in total. The van der Waals surface area contributed by atoms with Gasteiger partial charge in [-0.25, -0.2) is 0 Å². The summed E-state index contributed by atoms with van der Waals surface area (Å²) in [7, 11) is 0.213. The zero-order valence-corrected chi connectivity index (χ0v) is 7.85. The van der Waals surface area contributed by atoms with Crippen molar-refractivity contribution < 1.29 is 13.3 Å². The van der Waals surface area contributed by atoms with E-state index in [0.29, 0.717) is 6.61 Å². The first-order valence-electron chi connectivity index (χ1n) is 3.51. The van der Waals surface area contributed by atoms with Crippen molar-refractivity contribution in [3.8, 4) is 0 Å². The number of hydrogen-bond donors (Lipinski definition) is 0. The first kappa shape index (κ1) is 10.1. The Balaban J connectivity index is 3.21. The van der Waals surface area contributed by atoms with E-state index in [9.17, 15) is 0 Å². The molecule has 0 bridgehead atoms. The molecule has 10 heavy (non-hydrogen) atoms. The van der Waals surface area contributed by atoms with Crippen LogP contribution in [0.3, 0.4) is 0 Å². The van der Waals surface area contributed by atoms with Gasteiger partial charge in [0, 0.05) is 20.3 Å². The Bertz CT molecular complexity index is 70.0. The summed E-state index contributed by atoms with van der Waals surface area (Å²) in [6.07, 6.45) is 1.00. The lowest BCUT2D eigenvalue weighted by Gasteiger charge is -2.09. The summed E-state index contributed by atoms with van der Waals surface area (Å²) >= 11 is 0. The molecule has 0 aromatic heterocycles. The fourth-order valence-corrected chi connectivity index (χ4v) is 1.39. The van der Waals surface area contributed by atoms with Crippen LogP contribution in [0.25, 0.3) is 0 Å². The van der Waals surface area contributed by atoms with Crippen molar-refractivity contribution in [2.24, 2.45) is 0 Å². The van der Waals surface area contributed by atoms with Gasteiger partial charge in [0.1, 0.15) is 0 Å². The molecular weight excluding hydrogens is 148 g/mol. The Kier molecular flexibility index (Phi) is 7.28. The minimum absolute atomic E-state index is 0.659. The SMILES string of the molecule is CCCO[Si](OC)OCC. The third-order valence-electron chi connectivity index (χ3n) is 0.853. The van der Waals surface area contributed by atoms with Gasteiger partial charge >= 0.3 is 9.53 Å². The van der Waals surface area contributed by atoms with Gasteiger partial charge in [-0.3, -0.25) is 0 Å². The van der Waals surface area contributed by atoms with Crippen molar-refractivity contribution in [2.75, 3.05) is 20.3 Å².